The van der Waals surface area contributed by atoms with Crippen molar-refractivity contribution in [3.8, 4) is 0 Å². The van der Waals surface area contributed by atoms with E-state index in [1.807, 2.05) is 4.68 Å². The predicted molar refractivity (Wildman–Crippen MR) is 72.1 cm³/mol. The molecule has 1 saturated heterocycles. The highest BCUT2D eigenvalue weighted by molar-refractivity contribution is 4.89. The van der Waals surface area contributed by atoms with Gasteiger partial charge in [0.1, 0.15) is 12.2 Å². The Morgan fingerprint density at radius 2 is 2.28 bits per heavy atom. The van der Waals surface area contributed by atoms with Crippen LogP contribution in [0.4, 0.5) is 0 Å². The second-order valence-electron chi connectivity index (χ2n) is 5.41. The van der Waals surface area contributed by atoms with E-state index in [1.165, 1.54) is 19.3 Å². The fraction of sp³-hybridized carbons (Fsp3) is 0.846. The van der Waals surface area contributed by atoms with Crippen molar-refractivity contribution in [1.29, 1.82) is 0 Å². The van der Waals surface area contributed by atoms with Crippen LogP contribution in [0.15, 0.2) is 6.33 Å². The maximum atomic E-state index is 5.71. The van der Waals surface area contributed by atoms with Gasteiger partial charge in [-0.3, -0.25) is 4.90 Å². The molecule has 18 heavy (non-hydrogen) atoms. The Labute approximate surface area is 109 Å². The molecule has 1 aliphatic heterocycles. The number of hydrogen-bond acceptors (Lipinski definition) is 4. The lowest BCUT2D eigenvalue weighted by Crippen LogP contribution is -2.40. The van der Waals surface area contributed by atoms with Gasteiger partial charge >= 0.3 is 0 Å². The summed E-state index contributed by atoms with van der Waals surface area (Å²) in [4.78, 5) is 6.93. The minimum Gasteiger partial charge on any atom is -0.330 e. The van der Waals surface area contributed by atoms with E-state index < -0.39 is 0 Å². The Hall–Kier alpha value is -0.940. The van der Waals surface area contributed by atoms with Crippen molar-refractivity contribution in [2.45, 2.75) is 58.2 Å². The molecular weight excluding hydrogens is 226 g/mol. The van der Waals surface area contributed by atoms with Crippen LogP contribution in [0.1, 0.15) is 51.4 Å². The minimum absolute atomic E-state index is 0.375. The Morgan fingerprint density at radius 1 is 1.44 bits per heavy atom. The fourth-order valence-electron chi connectivity index (χ4n) is 2.79. The molecule has 0 amide bonds. The van der Waals surface area contributed by atoms with Gasteiger partial charge in [0.05, 0.1) is 6.54 Å². The summed E-state index contributed by atoms with van der Waals surface area (Å²) in [6.45, 7) is 7.13. The molecule has 5 heteroatoms. The third-order valence-electron chi connectivity index (χ3n) is 3.73. The summed E-state index contributed by atoms with van der Waals surface area (Å²) >= 11 is 0. The summed E-state index contributed by atoms with van der Waals surface area (Å²) in [7, 11) is 0. The Kier molecular flexibility index (Phi) is 4.72. The van der Waals surface area contributed by atoms with Crippen molar-refractivity contribution in [1.82, 2.24) is 19.7 Å². The predicted octanol–water partition coefficient (Wildman–Crippen LogP) is 1.56. The number of likely N-dealkylation sites (tertiary alicyclic amines) is 1. The topological polar surface area (TPSA) is 60.0 Å². The molecule has 0 aliphatic carbocycles. The van der Waals surface area contributed by atoms with Crippen LogP contribution in [-0.4, -0.2) is 38.8 Å². The maximum Gasteiger partial charge on any atom is 0.141 e. The van der Waals surface area contributed by atoms with E-state index >= 15 is 0 Å². The van der Waals surface area contributed by atoms with Crippen molar-refractivity contribution in [3.05, 3.63) is 12.2 Å². The van der Waals surface area contributed by atoms with Gasteiger partial charge < -0.3 is 5.73 Å². The van der Waals surface area contributed by atoms with Crippen LogP contribution < -0.4 is 5.73 Å². The largest absolute Gasteiger partial charge is 0.330 e. The molecule has 1 unspecified atom stereocenters. The smallest absolute Gasteiger partial charge is 0.141 e. The lowest BCUT2D eigenvalue weighted by molar-refractivity contribution is 0.128. The lowest BCUT2D eigenvalue weighted by atomic mass is 9.99. The van der Waals surface area contributed by atoms with E-state index in [0.717, 1.165) is 31.9 Å². The molecule has 1 aromatic heterocycles. The molecule has 1 atom stereocenters. The average Bonchev–Trinajstić information content (AvgIpc) is 2.80. The van der Waals surface area contributed by atoms with E-state index in [1.54, 1.807) is 6.33 Å². The van der Waals surface area contributed by atoms with Crippen LogP contribution in [0.2, 0.25) is 0 Å². The van der Waals surface area contributed by atoms with E-state index in [0.29, 0.717) is 12.1 Å². The summed E-state index contributed by atoms with van der Waals surface area (Å²) in [5, 5.41) is 4.31. The standard InChI is InChI=1S/C13H25N5/c1-11(2)18-13(15-10-16-18)9-17-8-4-3-5-12(17)6-7-14/h10-12H,3-9,14H2,1-2H3. The molecule has 0 bridgehead atoms. The summed E-state index contributed by atoms with van der Waals surface area (Å²) in [6, 6.07) is 1.00. The molecule has 102 valence electrons. The maximum absolute atomic E-state index is 5.71. The molecule has 5 nitrogen and oxygen atoms in total. The van der Waals surface area contributed by atoms with Crippen LogP contribution in [0, 0.1) is 0 Å². The van der Waals surface area contributed by atoms with E-state index in [2.05, 4.69) is 28.8 Å². The molecule has 0 spiro atoms. The van der Waals surface area contributed by atoms with Crippen molar-refractivity contribution >= 4 is 0 Å². The zero-order chi connectivity index (χ0) is 13.0. The van der Waals surface area contributed by atoms with Gasteiger partial charge in [-0.15, -0.1) is 0 Å². The molecule has 2 rings (SSSR count). The van der Waals surface area contributed by atoms with Crippen LogP contribution >= 0.6 is 0 Å². The number of nitrogens with two attached hydrogens (primary N) is 1. The first kappa shape index (κ1) is 13.5. The second kappa shape index (κ2) is 6.29. The summed E-state index contributed by atoms with van der Waals surface area (Å²) in [5.74, 6) is 1.08. The molecule has 1 aromatic rings. The number of nitrogens with zero attached hydrogens (tertiary/aromatic N) is 4. The molecule has 0 aromatic carbocycles. The van der Waals surface area contributed by atoms with Crippen LogP contribution in [0.25, 0.3) is 0 Å². The van der Waals surface area contributed by atoms with Crippen LogP contribution in [0.3, 0.4) is 0 Å². The van der Waals surface area contributed by atoms with Gasteiger partial charge in [0.25, 0.3) is 0 Å². The summed E-state index contributed by atoms with van der Waals surface area (Å²) < 4.78 is 2.02. The van der Waals surface area contributed by atoms with Crippen LogP contribution in [-0.2, 0) is 6.54 Å². The van der Waals surface area contributed by atoms with Gasteiger partial charge in [-0.1, -0.05) is 6.42 Å². The summed E-state index contributed by atoms with van der Waals surface area (Å²) in [6.07, 6.45) is 6.65. The first-order chi connectivity index (χ1) is 8.72. The first-order valence-corrected chi connectivity index (χ1v) is 7.05. The molecule has 0 saturated carbocycles. The Morgan fingerprint density at radius 3 is 3.00 bits per heavy atom. The van der Waals surface area contributed by atoms with Crippen molar-refractivity contribution < 1.29 is 0 Å². The lowest BCUT2D eigenvalue weighted by Gasteiger charge is -2.35. The van der Waals surface area contributed by atoms with E-state index in [4.69, 9.17) is 5.73 Å². The molecule has 0 radical (unpaired) electrons. The minimum atomic E-state index is 0.375. The quantitative estimate of drug-likeness (QED) is 0.863. The molecule has 1 fully saturated rings. The number of aromatic nitrogens is 3. The summed E-state index contributed by atoms with van der Waals surface area (Å²) in [5.41, 5.74) is 5.71. The zero-order valence-electron chi connectivity index (χ0n) is 11.5. The molecule has 2 heterocycles. The number of rotatable bonds is 5. The Balaban J connectivity index is 2.03. The highest BCUT2D eigenvalue weighted by atomic mass is 15.4. The van der Waals surface area contributed by atoms with Gasteiger partial charge in [0.15, 0.2) is 0 Å². The SMILES string of the molecule is CC(C)n1ncnc1CN1CCCCC1CCN. The third-order valence-corrected chi connectivity index (χ3v) is 3.73. The van der Waals surface area contributed by atoms with E-state index in [-0.39, 0.29) is 0 Å². The van der Waals surface area contributed by atoms with Crippen molar-refractivity contribution in [2.24, 2.45) is 5.73 Å². The first-order valence-electron chi connectivity index (χ1n) is 7.05. The third kappa shape index (κ3) is 3.09. The number of hydrogen-bond donors (Lipinski definition) is 1. The monoisotopic (exact) mass is 251 g/mol. The van der Waals surface area contributed by atoms with Gasteiger partial charge in [0.2, 0.25) is 0 Å². The van der Waals surface area contributed by atoms with E-state index in [9.17, 15) is 0 Å². The second-order valence-corrected chi connectivity index (χ2v) is 5.41. The van der Waals surface area contributed by atoms with Gasteiger partial charge in [-0.2, -0.15) is 5.10 Å². The average molecular weight is 251 g/mol. The highest BCUT2D eigenvalue weighted by Crippen LogP contribution is 2.21. The number of piperidine rings is 1. The van der Waals surface area contributed by atoms with Crippen molar-refractivity contribution in [3.63, 3.8) is 0 Å². The van der Waals surface area contributed by atoms with Gasteiger partial charge in [-0.25, -0.2) is 9.67 Å². The van der Waals surface area contributed by atoms with Gasteiger partial charge in [-0.05, 0) is 46.2 Å². The molecule has 2 N–H and O–H groups in total. The normalized spacial score (nSPS) is 21.7. The van der Waals surface area contributed by atoms with Crippen molar-refractivity contribution in [2.75, 3.05) is 13.1 Å². The van der Waals surface area contributed by atoms with Crippen LogP contribution in [0.5, 0.6) is 0 Å². The van der Waals surface area contributed by atoms with Gasteiger partial charge in [0, 0.05) is 12.1 Å². The molecule has 1 aliphatic rings. The highest BCUT2D eigenvalue weighted by Gasteiger charge is 2.23. The zero-order valence-corrected chi connectivity index (χ0v) is 11.5. The fourth-order valence-corrected chi connectivity index (χ4v) is 2.79. The Bertz CT molecular complexity index is 358. The molecular formula is C13H25N5.